The molecule has 0 radical (unpaired) electrons. The molecule has 0 saturated carbocycles. The van der Waals surface area contributed by atoms with Gasteiger partial charge in [-0.2, -0.15) is 0 Å². The van der Waals surface area contributed by atoms with Crippen LogP contribution in [0.3, 0.4) is 0 Å². The van der Waals surface area contributed by atoms with Crippen LogP contribution in [0.5, 0.6) is 5.75 Å². The van der Waals surface area contributed by atoms with Gasteiger partial charge in [-0.25, -0.2) is 8.78 Å². The highest BCUT2D eigenvalue weighted by molar-refractivity contribution is 14.1. The summed E-state index contributed by atoms with van der Waals surface area (Å²) in [6.45, 7) is 0. The lowest BCUT2D eigenvalue weighted by molar-refractivity contribution is -0.273. The Hall–Kier alpha value is -0.390. The van der Waals surface area contributed by atoms with Crippen molar-refractivity contribution in [3.8, 4) is 5.75 Å². The van der Waals surface area contributed by atoms with Gasteiger partial charge in [-0.1, -0.05) is 11.8 Å². The van der Waals surface area contributed by atoms with E-state index in [2.05, 4.69) is 0 Å². The van der Waals surface area contributed by atoms with Gasteiger partial charge in [-0.05, 0) is 28.7 Å². The number of benzene rings is 1. The number of hydrogen-bond donors (Lipinski definition) is 0. The first kappa shape index (κ1) is 7.71. The van der Waals surface area contributed by atoms with Gasteiger partial charge in [0, 0.05) is 0 Å². The van der Waals surface area contributed by atoms with E-state index in [1.165, 1.54) is 6.07 Å². The molecule has 0 heterocycles. The van der Waals surface area contributed by atoms with E-state index in [0.29, 0.717) is 0 Å². The molecule has 0 aliphatic rings. The quantitative estimate of drug-likeness (QED) is 0.510. The van der Waals surface area contributed by atoms with E-state index < -0.39 is 17.4 Å². The fourth-order valence-electron chi connectivity index (χ4n) is 0.508. The van der Waals surface area contributed by atoms with E-state index in [9.17, 15) is 13.9 Å². The normalized spacial score (nSPS) is 9.90. The van der Waals surface area contributed by atoms with Crippen molar-refractivity contribution in [2.24, 2.45) is 0 Å². The van der Waals surface area contributed by atoms with Crippen molar-refractivity contribution in [2.75, 3.05) is 0 Å². The SMILES string of the molecule is [O-]c1ccc(I)c(F)c1F. The zero-order valence-corrected chi connectivity index (χ0v) is 6.85. The smallest absolute Gasteiger partial charge is 0.171 e. The third-order valence-electron chi connectivity index (χ3n) is 1.000. The summed E-state index contributed by atoms with van der Waals surface area (Å²) in [4.78, 5) is 0. The molecule has 0 atom stereocenters. The summed E-state index contributed by atoms with van der Waals surface area (Å²) in [6.07, 6.45) is 0. The Kier molecular flexibility index (Phi) is 2.08. The molecule has 4 heteroatoms. The second kappa shape index (κ2) is 2.69. The molecule has 0 unspecified atom stereocenters. The van der Waals surface area contributed by atoms with Gasteiger partial charge in [0.1, 0.15) is 0 Å². The largest absolute Gasteiger partial charge is 0.870 e. The standard InChI is InChI=1S/C6H3F2IO/c7-5-3(9)1-2-4(10)6(5)8/h1-2,10H/p-1. The Morgan fingerprint density at radius 1 is 1.20 bits per heavy atom. The molecule has 10 heavy (non-hydrogen) atoms. The minimum absolute atomic E-state index is 0.120. The van der Waals surface area contributed by atoms with Crippen LogP contribution in [0.15, 0.2) is 12.1 Å². The summed E-state index contributed by atoms with van der Waals surface area (Å²) < 4.78 is 24.8. The summed E-state index contributed by atoms with van der Waals surface area (Å²) in [5, 5.41) is 10.4. The maximum absolute atomic E-state index is 12.4. The number of halogens is 3. The average molecular weight is 255 g/mol. The molecule has 0 fully saturated rings. The van der Waals surface area contributed by atoms with Crippen molar-refractivity contribution in [3.05, 3.63) is 27.3 Å². The van der Waals surface area contributed by atoms with Gasteiger partial charge in [-0.15, -0.1) is 0 Å². The zero-order valence-electron chi connectivity index (χ0n) is 4.70. The molecule has 0 saturated heterocycles. The Bertz CT molecular complexity index is 235. The molecule has 0 aliphatic carbocycles. The van der Waals surface area contributed by atoms with Crippen molar-refractivity contribution < 1.29 is 13.9 Å². The van der Waals surface area contributed by atoms with Gasteiger partial charge >= 0.3 is 0 Å². The third kappa shape index (κ3) is 1.21. The van der Waals surface area contributed by atoms with Crippen molar-refractivity contribution >= 4 is 22.6 Å². The van der Waals surface area contributed by atoms with Gasteiger partial charge in [0.2, 0.25) is 0 Å². The number of rotatable bonds is 0. The van der Waals surface area contributed by atoms with Crippen LogP contribution < -0.4 is 5.11 Å². The lowest BCUT2D eigenvalue weighted by Crippen LogP contribution is -1.98. The molecule has 0 N–H and O–H groups in total. The van der Waals surface area contributed by atoms with E-state index in [1.54, 1.807) is 22.6 Å². The maximum atomic E-state index is 12.4. The Morgan fingerprint density at radius 2 is 1.80 bits per heavy atom. The summed E-state index contributed by atoms with van der Waals surface area (Å²) in [5.74, 6) is -3.27. The van der Waals surface area contributed by atoms with E-state index >= 15 is 0 Å². The Morgan fingerprint density at radius 3 is 2.30 bits per heavy atom. The van der Waals surface area contributed by atoms with Gasteiger partial charge in [0.15, 0.2) is 11.6 Å². The van der Waals surface area contributed by atoms with Crippen LogP contribution in [-0.2, 0) is 0 Å². The molecule has 0 aromatic heterocycles. The van der Waals surface area contributed by atoms with E-state index in [-0.39, 0.29) is 3.57 Å². The van der Waals surface area contributed by atoms with Crippen LogP contribution in [0.2, 0.25) is 0 Å². The topological polar surface area (TPSA) is 23.1 Å². The minimum Gasteiger partial charge on any atom is -0.870 e. The highest BCUT2D eigenvalue weighted by atomic mass is 127. The minimum atomic E-state index is -1.30. The van der Waals surface area contributed by atoms with Gasteiger partial charge in [0.25, 0.3) is 0 Å². The first-order valence-corrected chi connectivity index (χ1v) is 3.51. The van der Waals surface area contributed by atoms with Crippen LogP contribution in [0, 0.1) is 15.2 Å². The summed E-state index contributed by atoms with van der Waals surface area (Å²) in [7, 11) is 0. The first-order valence-electron chi connectivity index (χ1n) is 2.43. The van der Waals surface area contributed by atoms with Gasteiger partial charge in [-0.3, -0.25) is 0 Å². The van der Waals surface area contributed by atoms with Gasteiger partial charge in [0.05, 0.1) is 3.57 Å². The molecule has 1 nitrogen and oxygen atoms in total. The van der Waals surface area contributed by atoms with E-state index in [1.807, 2.05) is 0 Å². The second-order valence-electron chi connectivity index (χ2n) is 1.67. The van der Waals surface area contributed by atoms with Gasteiger partial charge < -0.3 is 5.11 Å². The molecule has 1 rings (SSSR count). The second-order valence-corrected chi connectivity index (χ2v) is 2.84. The van der Waals surface area contributed by atoms with Crippen molar-refractivity contribution in [2.45, 2.75) is 0 Å². The van der Waals surface area contributed by atoms with Crippen LogP contribution in [0.25, 0.3) is 0 Å². The average Bonchev–Trinajstić information content (AvgIpc) is 1.93. The summed E-state index contributed by atoms with van der Waals surface area (Å²) >= 11 is 1.61. The molecular formula is C6H2F2IO-. The van der Waals surface area contributed by atoms with E-state index in [4.69, 9.17) is 0 Å². The van der Waals surface area contributed by atoms with E-state index in [0.717, 1.165) is 6.07 Å². The first-order chi connectivity index (χ1) is 4.63. The van der Waals surface area contributed by atoms with Crippen molar-refractivity contribution in [1.82, 2.24) is 0 Å². The van der Waals surface area contributed by atoms with Crippen LogP contribution in [0.1, 0.15) is 0 Å². The highest BCUT2D eigenvalue weighted by Crippen LogP contribution is 2.19. The van der Waals surface area contributed by atoms with Crippen molar-refractivity contribution in [1.29, 1.82) is 0 Å². The molecule has 1 aromatic carbocycles. The van der Waals surface area contributed by atoms with Crippen LogP contribution >= 0.6 is 22.6 Å². The molecule has 0 spiro atoms. The Labute approximate surface area is 69.8 Å². The predicted molar refractivity (Wildman–Crippen MR) is 38.5 cm³/mol. The summed E-state index contributed by atoms with van der Waals surface area (Å²) in [6, 6.07) is 2.24. The fourth-order valence-corrected chi connectivity index (χ4v) is 0.925. The monoisotopic (exact) mass is 255 g/mol. The van der Waals surface area contributed by atoms with Crippen LogP contribution in [0.4, 0.5) is 8.78 Å². The molecule has 0 bridgehead atoms. The molecular weight excluding hydrogens is 253 g/mol. The lowest BCUT2D eigenvalue weighted by Gasteiger charge is -2.06. The molecule has 1 aromatic rings. The maximum Gasteiger partial charge on any atom is 0.171 e. The van der Waals surface area contributed by atoms with Crippen LogP contribution in [-0.4, -0.2) is 0 Å². The highest BCUT2D eigenvalue weighted by Gasteiger charge is 2.04. The fraction of sp³-hybridized carbons (Fsp3) is 0. The third-order valence-corrected chi connectivity index (χ3v) is 1.83. The molecule has 54 valence electrons. The van der Waals surface area contributed by atoms with Crippen molar-refractivity contribution in [3.63, 3.8) is 0 Å². The number of hydrogen-bond acceptors (Lipinski definition) is 1. The zero-order chi connectivity index (χ0) is 7.72. The molecule has 0 aliphatic heterocycles. The summed E-state index contributed by atoms with van der Waals surface area (Å²) in [5.41, 5.74) is 0. The predicted octanol–water partition coefficient (Wildman–Crippen LogP) is 1.64. The molecule has 0 amide bonds. The Balaban J connectivity index is 3.34. The lowest BCUT2D eigenvalue weighted by atomic mass is 10.3.